The molecule has 0 aromatic heterocycles. The molecule has 0 aliphatic carbocycles. The summed E-state index contributed by atoms with van der Waals surface area (Å²) in [5.41, 5.74) is 2.92. The zero-order valence-electron chi connectivity index (χ0n) is 16.9. The van der Waals surface area contributed by atoms with Gasteiger partial charge in [0, 0.05) is 32.7 Å². The lowest BCUT2D eigenvalue weighted by Crippen LogP contribution is -2.51. The van der Waals surface area contributed by atoms with Crippen LogP contribution in [-0.4, -0.2) is 39.2 Å². The Balaban J connectivity index is 0.00000300. The average Bonchev–Trinajstić information content (AvgIpc) is 2.77. The zero-order chi connectivity index (χ0) is 19.8. The van der Waals surface area contributed by atoms with E-state index in [1.165, 1.54) is 0 Å². The Morgan fingerprint density at radius 3 is 2.69 bits per heavy atom. The summed E-state index contributed by atoms with van der Waals surface area (Å²) in [5.74, 6) is 1.70. The van der Waals surface area contributed by atoms with Crippen molar-refractivity contribution in [2.45, 2.75) is 25.4 Å². The van der Waals surface area contributed by atoms with E-state index in [1.807, 2.05) is 42.5 Å². The smallest absolute Gasteiger partial charge is 0.191 e. The van der Waals surface area contributed by atoms with E-state index in [1.54, 1.807) is 14.2 Å². The summed E-state index contributed by atoms with van der Waals surface area (Å²) in [7, 11) is 3.50. The Morgan fingerprint density at radius 2 is 2.00 bits per heavy atom. The fourth-order valence-electron chi connectivity index (χ4n) is 3.48. The van der Waals surface area contributed by atoms with Crippen LogP contribution in [0.1, 0.15) is 24.0 Å². The molecule has 0 amide bonds. The molecule has 29 heavy (non-hydrogen) atoms. The quantitative estimate of drug-likeness (QED) is 0.370. The number of hydrogen-bond donors (Lipinski definition) is 2. The van der Waals surface area contributed by atoms with Crippen molar-refractivity contribution in [1.82, 2.24) is 10.6 Å². The minimum absolute atomic E-state index is 0. The monoisotopic (exact) mass is 505 g/mol. The molecule has 1 atom stereocenters. The molecule has 7 heteroatoms. The van der Waals surface area contributed by atoms with Crippen LogP contribution >= 0.6 is 24.0 Å². The number of guanidine groups is 1. The van der Waals surface area contributed by atoms with E-state index in [4.69, 9.17) is 10.00 Å². The molecule has 154 valence electrons. The number of nitriles is 1. The molecule has 3 rings (SSSR count). The second kappa shape index (κ2) is 11.5. The van der Waals surface area contributed by atoms with E-state index in [0.717, 1.165) is 48.9 Å². The first-order valence-corrected chi connectivity index (χ1v) is 9.57. The SMILES string of the molecule is CN=C(NCc1ccc(C#N)cc1)NC1CCCN(c2ccccc2OC)C1.I. The van der Waals surface area contributed by atoms with Gasteiger partial charge in [0.25, 0.3) is 0 Å². The minimum atomic E-state index is 0. The van der Waals surface area contributed by atoms with Crippen LogP contribution in [0.5, 0.6) is 5.75 Å². The number of ether oxygens (including phenoxy) is 1. The summed E-state index contributed by atoms with van der Waals surface area (Å²) >= 11 is 0. The van der Waals surface area contributed by atoms with Crippen molar-refractivity contribution in [3.05, 3.63) is 59.7 Å². The fourth-order valence-corrected chi connectivity index (χ4v) is 3.48. The van der Waals surface area contributed by atoms with Crippen LogP contribution in [0.4, 0.5) is 5.69 Å². The number of hydrogen-bond acceptors (Lipinski definition) is 4. The predicted octanol–water partition coefficient (Wildman–Crippen LogP) is 3.52. The Bertz CT molecular complexity index is 847. The standard InChI is InChI=1S/C22H27N5O.HI/c1-24-22(25-15-18-11-9-17(14-23)10-12-18)26-19-6-5-13-27(16-19)20-7-3-4-8-21(20)28-2;/h3-4,7-12,19H,5-6,13,15-16H2,1-2H3,(H2,24,25,26);1H. The van der Waals surface area contributed by atoms with Crippen LogP contribution in [0.2, 0.25) is 0 Å². The number of benzene rings is 2. The second-order valence-corrected chi connectivity index (χ2v) is 6.84. The van der Waals surface area contributed by atoms with E-state index in [0.29, 0.717) is 18.2 Å². The third kappa shape index (κ3) is 6.26. The van der Waals surface area contributed by atoms with Crippen molar-refractivity contribution in [3.63, 3.8) is 0 Å². The van der Waals surface area contributed by atoms with Crippen LogP contribution in [-0.2, 0) is 6.54 Å². The topological polar surface area (TPSA) is 72.7 Å². The highest BCUT2D eigenvalue weighted by Gasteiger charge is 2.22. The second-order valence-electron chi connectivity index (χ2n) is 6.84. The normalized spacial score (nSPS) is 16.4. The molecule has 0 spiro atoms. The van der Waals surface area contributed by atoms with Crippen molar-refractivity contribution in [2.24, 2.45) is 4.99 Å². The summed E-state index contributed by atoms with van der Waals surface area (Å²) in [5, 5.41) is 15.8. The molecule has 1 aliphatic heterocycles. The minimum Gasteiger partial charge on any atom is -0.495 e. The van der Waals surface area contributed by atoms with E-state index < -0.39 is 0 Å². The van der Waals surface area contributed by atoms with E-state index in [2.05, 4.69) is 32.7 Å². The van der Waals surface area contributed by atoms with Gasteiger partial charge in [-0.3, -0.25) is 4.99 Å². The Labute approximate surface area is 190 Å². The first-order chi connectivity index (χ1) is 13.7. The number of aliphatic imine (C=N–C) groups is 1. The number of piperidine rings is 1. The van der Waals surface area contributed by atoms with Gasteiger partial charge >= 0.3 is 0 Å². The summed E-state index contributed by atoms with van der Waals surface area (Å²) in [6.07, 6.45) is 2.21. The molecule has 2 aromatic rings. The lowest BCUT2D eigenvalue weighted by Gasteiger charge is -2.36. The number of nitrogens with one attached hydrogen (secondary N) is 2. The maximum Gasteiger partial charge on any atom is 0.191 e. The molecular formula is C22H28IN5O. The van der Waals surface area contributed by atoms with Crippen LogP contribution < -0.4 is 20.3 Å². The van der Waals surface area contributed by atoms with Crippen molar-refractivity contribution < 1.29 is 4.74 Å². The maximum atomic E-state index is 8.90. The number of anilines is 1. The molecule has 1 unspecified atom stereocenters. The molecule has 2 N–H and O–H groups in total. The fraction of sp³-hybridized carbons (Fsp3) is 0.364. The molecule has 1 heterocycles. The number of methoxy groups -OCH3 is 1. The Hall–Kier alpha value is -2.47. The van der Waals surface area contributed by atoms with Crippen LogP contribution in [0.15, 0.2) is 53.5 Å². The summed E-state index contributed by atoms with van der Waals surface area (Å²) < 4.78 is 5.52. The van der Waals surface area contributed by atoms with E-state index >= 15 is 0 Å². The van der Waals surface area contributed by atoms with Crippen molar-refractivity contribution in [3.8, 4) is 11.8 Å². The van der Waals surface area contributed by atoms with Crippen molar-refractivity contribution in [1.29, 1.82) is 5.26 Å². The van der Waals surface area contributed by atoms with Gasteiger partial charge in [0.1, 0.15) is 5.75 Å². The third-order valence-electron chi connectivity index (χ3n) is 4.95. The highest BCUT2D eigenvalue weighted by atomic mass is 127. The number of para-hydroxylation sites is 2. The van der Waals surface area contributed by atoms with Gasteiger partial charge < -0.3 is 20.3 Å². The van der Waals surface area contributed by atoms with Crippen LogP contribution in [0.3, 0.4) is 0 Å². The molecule has 1 saturated heterocycles. The first-order valence-electron chi connectivity index (χ1n) is 9.57. The molecule has 0 saturated carbocycles. The zero-order valence-corrected chi connectivity index (χ0v) is 19.2. The lowest BCUT2D eigenvalue weighted by molar-refractivity contribution is 0.408. The first kappa shape index (κ1) is 22.8. The summed E-state index contributed by atoms with van der Waals surface area (Å²) in [4.78, 5) is 6.73. The third-order valence-corrected chi connectivity index (χ3v) is 4.95. The van der Waals surface area contributed by atoms with E-state index in [-0.39, 0.29) is 24.0 Å². The van der Waals surface area contributed by atoms with Crippen molar-refractivity contribution in [2.75, 3.05) is 32.1 Å². The van der Waals surface area contributed by atoms with Gasteiger partial charge in [0.15, 0.2) is 5.96 Å². The summed E-state index contributed by atoms with van der Waals surface area (Å²) in [6, 6.07) is 18.2. The highest BCUT2D eigenvalue weighted by molar-refractivity contribution is 14.0. The largest absolute Gasteiger partial charge is 0.495 e. The molecule has 2 aromatic carbocycles. The number of rotatable bonds is 5. The van der Waals surface area contributed by atoms with Crippen LogP contribution in [0, 0.1) is 11.3 Å². The predicted molar refractivity (Wildman–Crippen MR) is 128 cm³/mol. The Morgan fingerprint density at radius 1 is 1.24 bits per heavy atom. The van der Waals surface area contributed by atoms with Gasteiger partial charge in [-0.05, 0) is 42.7 Å². The van der Waals surface area contributed by atoms with Gasteiger partial charge in [0.05, 0.1) is 24.4 Å². The molecular weight excluding hydrogens is 477 g/mol. The van der Waals surface area contributed by atoms with Crippen LogP contribution in [0.25, 0.3) is 0 Å². The van der Waals surface area contributed by atoms with Crippen molar-refractivity contribution >= 4 is 35.6 Å². The van der Waals surface area contributed by atoms with Gasteiger partial charge in [0.2, 0.25) is 0 Å². The van der Waals surface area contributed by atoms with Gasteiger partial charge in [-0.2, -0.15) is 5.26 Å². The number of nitrogens with zero attached hydrogens (tertiary/aromatic N) is 3. The average molecular weight is 505 g/mol. The molecule has 1 fully saturated rings. The van der Waals surface area contributed by atoms with Gasteiger partial charge in [-0.1, -0.05) is 24.3 Å². The molecule has 0 bridgehead atoms. The highest BCUT2D eigenvalue weighted by Crippen LogP contribution is 2.29. The lowest BCUT2D eigenvalue weighted by atomic mass is 10.0. The van der Waals surface area contributed by atoms with E-state index in [9.17, 15) is 0 Å². The number of halogens is 1. The molecule has 1 aliphatic rings. The van der Waals surface area contributed by atoms with Gasteiger partial charge in [-0.15, -0.1) is 24.0 Å². The van der Waals surface area contributed by atoms with Gasteiger partial charge in [-0.25, -0.2) is 0 Å². The maximum absolute atomic E-state index is 8.90. The Kier molecular flexibility index (Phi) is 9.06. The molecule has 0 radical (unpaired) electrons. The molecule has 6 nitrogen and oxygen atoms in total. The summed E-state index contributed by atoms with van der Waals surface area (Å²) in [6.45, 7) is 2.59.